The molecule has 1 N–H and O–H groups in total. The van der Waals surface area contributed by atoms with Crippen molar-refractivity contribution in [1.82, 2.24) is 5.32 Å². The Morgan fingerprint density at radius 2 is 2.00 bits per heavy atom. The Labute approximate surface area is 97.3 Å². The molecule has 1 amide bonds. The maximum absolute atomic E-state index is 10.7. The quantitative estimate of drug-likeness (QED) is 0.581. The van der Waals surface area contributed by atoms with E-state index in [1.165, 1.54) is 0 Å². The number of aldehydes is 1. The monoisotopic (exact) mass is 247 g/mol. The van der Waals surface area contributed by atoms with Gasteiger partial charge >= 0.3 is 6.09 Å². The van der Waals surface area contributed by atoms with Crippen LogP contribution in [-0.2, 0) is 42.2 Å². The van der Waals surface area contributed by atoms with Crippen molar-refractivity contribution in [1.29, 1.82) is 0 Å². The summed E-state index contributed by atoms with van der Waals surface area (Å²) in [5.41, 5.74) is -0.527. The molecular weight excluding hydrogens is 235 g/mol. The zero-order chi connectivity index (χ0) is 8.91. The van der Waals surface area contributed by atoms with Gasteiger partial charge < -0.3 is 14.8 Å². The van der Waals surface area contributed by atoms with Crippen LogP contribution in [0.15, 0.2) is 0 Å². The van der Waals surface area contributed by atoms with Crippen molar-refractivity contribution < 1.29 is 47.0 Å². The Bertz CT molecular complexity index is 153. The molecule has 0 aliphatic carbocycles. The van der Waals surface area contributed by atoms with Crippen molar-refractivity contribution in [2.45, 2.75) is 26.4 Å². The fourth-order valence-electron chi connectivity index (χ4n) is 0.410. The third kappa shape index (κ3) is 9.91. The summed E-state index contributed by atoms with van der Waals surface area (Å²) >= 11 is 0. The van der Waals surface area contributed by atoms with E-state index >= 15 is 0 Å². The summed E-state index contributed by atoms with van der Waals surface area (Å²) in [6.07, 6.45) is -0.145. The smallest absolute Gasteiger partial charge is 0.381 e. The van der Waals surface area contributed by atoms with Crippen LogP contribution in [0.4, 0.5) is 4.79 Å². The Hall–Kier alpha value is -0.0861. The van der Waals surface area contributed by atoms with Gasteiger partial charge in [-0.2, -0.15) is 0 Å². The largest absolute Gasteiger partial charge is 0.448 e. The van der Waals surface area contributed by atoms with Gasteiger partial charge in [-0.1, -0.05) is 0 Å². The van der Waals surface area contributed by atoms with Crippen molar-refractivity contribution in [3.63, 3.8) is 0 Å². The summed E-state index contributed by atoms with van der Waals surface area (Å²) in [7, 11) is 0. The van der Waals surface area contributed by atoms with E-state index in [4.69, 9.17) is 4.74 Å². The van der Waals surface area contributed by atoms with E-state index in [1.807, 2.05) is 0 Å². The van der Waals surface area contributed by atoms with Gasteiger partial charge in [0.2, 0.25) is 0 Å². The van der Waals surface area contributed by atoms with E-state index in [9.17, 15) is 9.59 Å². The van der Waals surface area contributed by atoms with Gasteiger partial charge in [0.25, 0.3) is 0 Å². The zero-order valence-electron chi connectivity index (χ0n) is 7.46. The van der Waals surface area contributed by atoms with Crippen LogP contribution in [0.3, 0.4) is 0 Å². The minimum absolute atomic E-state index is 0. The van der Waals surface area contributed by atoms with Gasteiger partial charge in [0.15, 0.2) is 0 Å². The Kier molecular flexibility index (Phi) is 7.74. The third-order valence-corrected chi connectivity index (χ3v) is 0.668. The summed E-state index contributed by atoms with van der Waals surface area (Å²) < 4.78 is 4.80. The first-order valence-electron chi connectivity index (χ1n) is 3.22. The molecule has 4 nitrogen and oxygen atoms in total. The van der Waals surface area contributed by atoms with E-state index in [-0.39, 0.29) is 32.7 Å². The summed E-state index contributed by atoms with van der Waals surface area (Å²) in [5, 5.41) is 2.13. The van der Waals surface area contributed by atoms with Crippen LogP contribution in [0.5, 0.6) is 0 Å². The Morgan fingerprint density at radius 1 is 1.50 bits per heavy atom. The molecule has 0 aromatic heterocycles. The van der Waals surface area contributed by atoms with E-state index in [1.54, 1.807) is 20.8 Å². The van der Waals surface area contributed by atoms with Gasteiger partial charge in [0.05, 0.1) is 0 Å². The predicted molar refractivity (Wildman–Crippen MR) is 39.7 cm³/mol. The number of rotatable bonds is 2. The summed E-state index contributed by atoms with van der Waals surface area (Å²) in [6.45, 7) is 6.21. The number of alkyl carbamates (subject to hydrolysis) is 1. The SMILES string of the molecule is CC(C)(C)OC(=O)N[CH-]C=O.[Y]. The van der Waals surface area contributed by atoms with Crippen LogP contribution in [0.25, 0.3) is 0 Å². The molecule has 1 radical (unpaired) electrons. The van der Waals surface area contributed by atoms with Crippen molar-refractivity contribution in [3.8, 4) is 0 Å². The van der Waals surface area contributed by atoms with Crippen LogP contribution >= 0.6 is 0 Å². The molecule has 0 heterocycles. The van der Waals surface area contributed by atoms with Crippen molar-refractivity contribution in [3.05, 3.63) is 6.54 Å². The minimum Gasteiger partial charge on any atom is -0.448 e. The molecule has 0 saturated heterocycles. The van der Waals surface area contributed by atoms with E-state index in [2.05, 4.69) is 5.32 Å². The second-order valence-corrected chi connectivity index (χ2v) is 2.95. The number of amides is 1. The summed E-state index contributed by atoms with van der Waals surface area (Å²) in [6, 6.07) is 0. The van der Waals surface area contributed by atoms with E-state index in [0.29, 0.717) is 6.29 Å². The van der Waals surface area contributed by atoms with Crippen LogP contribution < -0.4 is 5.32 Å². The minimum atomic E-state index is -0.621. The summed E-state index contributed by atoms with van der Waals surface area (Å²) in [4.78, 5) is 20.4. The molecule has 0 fully saturated rings. The molecule has 0 aromatic carbocycles. The molecule has 5 heteroatoms. The standard InChI is InChI=1S/C7H12NO3.Y/c1-7(2,3)11-6(10)8-4-5-9;/h4-5H,1-3H3,(H,8,10);/q-1;. The van der Waals surface area contributed by atoms with Gasteiger partial charge in [0, 0.05) is 39.0 Å². The van der Waals surface area contributed by atoms with Crippen LogP contribution in [-0.4, -0.2) is 18.0 Å². The fraction of sp³-hybridized carbons (Fsp3) is 0.571. The molecule has 0 bridgehead atoms. The predicted octanol–water partition coefficient (Wildman–Crippen LogP) is 0.869. The van der Waals surface area contributed by atoms with Crippen LogP contribution in [0, 0.1) is 6.54 Å². The topological polar surface area (TPSA) is 55.4 Å². The average Bonchev–Trinajstić information content (AvgIpc) is 1.79. The molecule has 0 saturated carbocycles. The molecule has 0 unspecified atom stereocenters. The maximum Gasteiger partial charge on any atom is 0.381 e. The van der Waals surface area contributed by atoms with Crippen LogP contribution in [0.2, 0.25) is 0 Å². The van der Waals surface area contributed by atoms with Gasteiger partial charge in [-0.25, -0.2) is 11.3 Å². The number of nitrogens with one attached hydrogen (secondary N) is 1. The first-order chi connectivity index (χ1) is 4.95. The number of hydrogen-bond donors (Lipinski definition) is 1. The molecule has 0 aromatic rings. The van der Waals surface area contributed by atoms with E-state index in [0.717, 1.165) is 6.54 Å². The third-order valence-electron chi connectivity index (χ3n) is 0.668. The number of carbonyl (C=O) groups excluding carboxylic acids is 2. The Balaban J connectivity index is 0. The van der Waals surface area contributed by atoms with Gasteiger partial charge in [-0.05, 0) is 20.8 Å². The normalized spacial score (nSPS) is 9.25. The van der Waals surface area contributed by atoms with Gasteiger partial charge in [-0.3, -0.25) is 0 Å². The molecule has 67 valence electrons. The van der Waals surface area contributed by atoms with Crippen molar-refractivity contribution in [2.24, 2.45) is 0 Å². The molecule has 0 aliphatic heterocycles. The summed E-state index contributed by atoms with van der Waals surface area (Å²) in [5.74, 6) is 0. The molecule has 0 atom stereocenters. The van der Waals surface area contributed by atoms with Gasteiger partial charge in [-0.15, -0.1) is 0 Å². The second kappa shape index (κ2) is 6.43. The maximum atomic E-state index is 10.7. The molecule has 0 aliphatic rings. The zero-order valence-corrected chi connectivity index (χ0v) is 10.3. The molecular formula is C7H12NO3Y-. The van der Waals surface area contributed by atoms with E-state index < -0.39 is 11.7 Å². The number of carbonyl (C=O) groups is 2. The molecule has 12 heavy (non-hydrogen) atoms. The van der Waals surface area contributed by atoms with Gasteiger partial charge in [0.1, 0.15) is 5.60 Å². The van der Waals surface area contributed by atoms with Crippen LogP contribution in [0.1, 0.15) is 20.8 Å². The van der Waals surface area contributed by atoms with Crippen molar-refractivity contribution in [2.75, 3.05) is 0 Å². The first-order valence-corrected chi connectivity index (χ1v) is 3.22. The molecule has 0 rings (SSSR count). The molecule has 0 spiro atoms. The number of hydrogen-bond acceptors (Lipinski definition) is 3. The first kappa shape index (κ1) is 14.4. The van der Waals surface area contributed by atoms with Crippen molar-refractivity contribution >= 4 is 12.4 Å². The second-order valence-electron chi connectivity index (χ2n) is 2.95. The Morgan fingerprint density at radius 3 is 2.33 bits per heavy atom. The fourth-order valence-corrected chi connectivity index (χ4v) is 0.410. The average molecular weight is 247 g/mol. The number of ether oxygens (including phenoxy) is 1.